The number of aldehydes is 1. The Bertz CT molecular complexity index is 71.3. The van der Waals surface area contributed by atoms with Crippen LogP contribution in [0.2, 0.25) is 0 Å². The van der Waals surface area contributed by atoms with Crippen LogP contribution in [-0.2, 0) is 4.79 Å². The van der Waals surface area contributed by atoms with Gasteiger partial charge in [0.2, 0.25) is 0 Å². The van der Waals surface area contributed by atoms with E-state index < -0.39 is 0 Å². The molecule has 2 N–H and O–H groups in total. The van der Waals surface area contributed by atoms with Crippen LogP contribution >= 0.6 is 0 Å². The highest BCUT2D eigenvalue weighted by atomic mass is 16.1. The second-order valence-corrected chi connectivity index (χ2v) is 2.43. The van der Waals surface area contributed by atoms with Crippen LogP contribution in [0.1, 0.15) is 32.6 Å². The summed E-state index contributed by atoms with van der Waals surface area (Å²) in [6.45, 7) is 1.99. The van der Waals surface area contributed by atoms with E-state index in [0.717, 1.165) is 25.5 Å². The van der Waals surface area contributed by atoms with Gasteiger partial charge in [0.1, 0.15) is 6.29 Å². The summed E-state index contributed by atoms with van der Waals surface area (Å²) in [7, 11) is 0. The zero-order chi connectivity index (χ0) is 7.11. The molecule has 0 rings (SSSR count). The highest BCUT2D eigenvalue weighted by Gasteiger charge is 1.92. The van der Waals surface area contributed by atoms with Crippen LogP contribution in [0.25, 0.3) is 0 Å². The van der Waals surface area contributed by atoms with E-state index >= 15 is 0 Å². The number of hydrogen-bond acceptors (Lipinski definition) is 2. The molecule has 0 saturated carbocycles. The molecule has 0 amide bonds. The number of rotatable bonds is 5. The molecule has 0 aromatic heterocycles. The lowest BCUT2D eigenvalue weighted by atomic mass is 10.1. The molecule has 0 aromatic rings. The molecule has 54 valence electrons. The molecule has 0 bridgehead atoms. The molecule has 0 spiro atoms. The van der Waals surface area contributed by atoms with Gasteiger partial charge in [-0.25, -0.2) is 0 Å². The molecule has 0 fully saturated rings. The van der Waals surface area contributed by atoms with E-state index in [1.54, 1.807) is 0 Å². The Hall–Kier alpha value is -0.370. The fraction of sp³-hybridized carbons (Fsp3) is 0.857. The van der Waals surface area contributed by atoms with E-state index in [9.17, 15) is 4.79 Å². The van der Waals surface area contributed by atoms with Crippen molar-refractivity contribution < 1.29 is 4.79 Å². The molecule has 0 radical (unpaired) electrons. The molecular weight excluding hydrogens is 114 g/mol. The molecule has 0 unspecified atom stereocenters. The van der Waals surface area contributed by atoms with Crippen molar-refractivity contribution in [3.05, 3.63) is 0 Å². The molecule has 2 nitrogen and oxygen atoms in total. The first kappa shape index (κ1) is 8.63. The minimum atomic E-state index is 0.289. The molecule has 9 heavy (non-hydrogen) atoms. The summed E-state index contributed by atoms with van der Waals surface area (Å²) in [6.07, 6.45) is 4.75. The Morgan fingerprint density at radius 2 is 2.22 bits per heavy atom. The molecule has 0 aliphatic rings. The summed E-state index contributed by atoms with van der Waals surface area (Å²) in [5.41, 5.74) is 5.49. The monoisotopic (exact) mass is 129 g/mol. The maximum atomic E-state index is 9.82. The van der Waals surface area contributed by atoms with E-state index in [4.69, 9.17) is 5.73 Å². The third-order valence-corrected chi connectivity index (χ3v) is 1.23. The standard InChI is InChI=1S/C7H15NO/c1-7(8)5-3-2-4-6-9/h6-7H,2-5,8H2,1H3/t7-/m0/s1. The van der Waals surface area contributed by atoms with Gasteiger partial charge in [0, 0.05) is 12.5 Å². The largest absolute Gasteiger partial charge is 0.328 e. The minimum absolute atomic E-state index is 0.289. The zero-order valence-electron chi connectivity index (χ0n) is 5.97. The van der Waals surface area contributed by atoms with Crippen molar-refractivity contribution in [1.29, 1.82) is 0 Å². The van der Waals surface area contributed by atoms with E-state index in [1.807, 2.05) is 6.92 Å². The second-order valence-electron chi connectivity index (χ2n) is 2.43. The number of carbonyl (C=O) groups is 1. The molecular formula is C7H15NO. The van der Waals surface area contributed by atoms with Crippen molar-refractivity contribution >= 4 is 6.29 Å². The molecule has 0 aromatic carbocycles. The first-order valence-corrected chi connectivity index (χ1v) is 3.46. The molecule has 0 aliphatic carbocycles. The van der Waals surface area contributed by atoms with Gasteiger partial charge in [0.05, 0.1) is 0 Å². The van der Waals surface area contributed by atoms with Crippen LogP contribution in [0, 0.1) is 0 Å². The van der Waals surface area contributed by atoms with Gasteiger partial charge in [0.25, 0.3) is 0 Å². The first-order valence-electron chi connectivity index (χ1n) is 3.46. The van der Waals surface area contributed by atoms with E-state index in [1.165, 1.54) is 0 Å². The number of carbonyl (C=O) groups excluding carboxylic acids is 1. The summed E-state index contributed by atoms with van der Waals surface area (Å²) in [4.78, 5) is 9.82. The Kier molecular flexibility index (Phi) is 5.52. The highest BCUT2D eigenvalue weighted by Crippen LogP contribution is 1.99. The lowest BCUT2D eigenvalue weighted by Crippen LogP contribution is -2.13. The van der Waals surface area contributed by atoms with Gasteiger partial charge < -0.3 is 10.5 Å². The van der Waals surface area contributed by atoms with Crippen molar-refractivity contribution in [1.82, 2.24) is 0 Å². The Labute approximate surface area is 56.4 Å². The first-order chi connectivity index (χ1) is 4.27. The molecule has 0 saturated heterocycles. The fourth-order valence-corrected chi connectivity index (χ4v) is 0.694. The second kappa shape index (κ2) is 5.76. The average molecular weight is 129 g/mol. The fourth-order valence-electron chi connectivity index (χ4n) is 0.694. The Morgan fingerprint density at radius 3 is 2.67 bits per heavy atom. The number of nitrogens with two attached hydrogens (primary N) is 1. The van der Waals surface area contributed by atoms with Crippen LogP contribution in [0.3, 0.4) is 0 Å². The summed E-state index contributed by atoms with van der Waals surface area (Å²) in [6, 6.07) is 0.289. The maximum absolute atomic E-state index is 9.82. The van der Waals surface area contributed by atoms with Crippen LogP contribution < -0.4 is 5.73 Å². The van der Waals surface area contributed by atoms with Gasteiger partial charge in [-0.1, -0.05) is 6.42 Å². The Morgan fingerprint density at radius 1 is 1.56 bits per heavy atom. The summed E-state index contributed by atoms with van der Waals surface area (Å²) >= 11 is 0. The maximum Gasteiger partial charge on any atom is 0.119 e. The summed E-state index contributed by atoms with van der Waals surface area (Å²) < 4.78 is 0. The van der Waals surface area contributed by atoms with Crippen LogP contribution in [0.4, 0.5) is 0 Å². The van der Waals surface area contributed by atoms with Gasteiger partial charge in [-0.2, -0.15) is 0 Å². The third kappa shape index (κ3) is 7.63. The highest BCUT2D eigenvalue weighted by molar-refractivity contribution is 5.48. The predicted molar refractivity (Wildman–Crippen MR) is 38.2 cm³/mol. The topological polar surface area (TPSA) is 43.1 Å². The van der Waals surface area contributed by atoms with E-state index in [-0.39, 0.29) is 6.04 Å². The molecule has 1 atom stereocenters. The quantitative estimate of drug-likeness (QED) is 0.446. The zero-order valence-corrected chi connectivity index (χ0v) is 5.97. The van der Waals surface area contributed by atoms with Gasteiger partial charge in [-0.15, -0.1) is 0 Å². The SMILES string of the molecule is C[C@H](N)CCCCC=O. The smallest absolute Gasteiger partial charge is 0.119 e. The molecule has 2 heteroatoms. The van der Waals surface area contributed by atoms with Crippen molar-refractivity contribution in [3.8, 4) is 0 Å². The lowest BCUT2D eigenvalue weighted by Gasteiger charge is -2.00. The van der Waals surface area contributed by atoms with Crippen molar-refractivity contribution in [3.63, 3.8) is 0 Å². The van der Waals surface area contributed by atoms with Gasteiger partial charge in [-0.05, 0) is 19.8 Å². The Balaban J connectivity index is 2.82. The average Bonchev–Trinajstić information content (AvgIpc) is 1.80. The molecule has 0 aliphatic heterocycles. The predicted octanol–water partition coefficient (Wildman–Crippen LogP) is 1.09. The van der Waals surface area contributed by atoms with Crippen LogP contribution in [-0.4, -0.2) is 12.3 Å². The van der Waals surface area contributed by atoms with Gasteiger partial charge >= 0.3 is 0 Å². The number of hydrogen-bond donors (Lipinski definition) is 1. The number of unbranched alkanes of at least 4 members (excludes halogenated alkanes) is 2. The van der Waals surface area contributed by atoms with E-state index in [2.05, 4.69) is 0 Å². The minimum Gasteiger partial charge on any atom is -0.328 e. The summed E-state index contributed by atoms with van der Waals surface area (Å²) in [5, 5.41) is 0. The van der Waals surface area contributed by atoms with Crippen molar-refractivity contribution in [2.75, 3.05) is 0 Å². The van der Waals surface area contributed by atoms with Crippen molar-refractivity contribution in [2.45, 2.75) is 38.6 Å². The third-order valence-electron chi connectivity index (χ3n) is 1.23. The molecule has 0 heterocycles. The van der Waals surface area contributed by atoms with Crippen LogP contribution in [0.5, 0.6) is 0 Å². The summed E-state index contributed by atoms with van der Waals surface area (Å²) in [5.74, 6) is 0. The van der Waals surface area contributed by atoms with Gasteiger partial charge in [-0.3, -0.25) is 0 Å². The van der Waals surface area contributed by atoms with Gasteiger partial charge in [0.15, 0.2) is 0 Å². The lowest BCUT2D eigenvalue weighted by molar-refractivity contribution is -0.107. The van der Waals surface area contributed by atoms with Crippen LogP contribution in [0.15, 0.2) is 0 Å². The van der Waals surface area contributed by atoms with E-state index in [0.29, 0.717) is 6.42 Å². The normalized spacial score (nSPS) is 13.1. The van der Waals surface area contributed by atoms with Crippen molar-refractivity contribution in [2.24, 2.45) is 5.73 Å².